The molecule has 4 aromatic heterocycles. The van der Waals surface area contributed by atoms with E-state index in [1.54, 1.807) is 6.20 Å². The van der Waals surface area contributed by atoms with E-state index >= 15 is 0 Å². The summed E-state index contributed by atoms with van der Waals surface area (Å²) in [5, 5.41) is 4.90. The van der Waals surface area contributed by atoms with Crippen molar-refractivity contribution in [2.45, 2.75) is 0 Å². The molecule has 0 amide bonds. The van der Waals surface area contributed by atoms with Gasteiger partial charge in [-0.05, 0) is 24.3 Å². The van der Waals surface area contributed by atoms with Crippen molar-refractivity contribution < 1.29 is 4.42 Å². The zero-order valence-corrected chi connectivity index (χ0v) is 12.7. The summed E-state index contributed by atoms with van der Waals surface area (Å²) in [6.07, 6.45) is 1.79. The van der Waals surface area contributed by atoms with E-state index in [-0.39, 0.29) is 0 Å². The van der Waals surface area contributed by atoms with Crippen molar-refractivity contribution in [3.8, 4) is 11.5 Å². The first-order valence-corrected chi connectivity index (χ1v) is 8.00. The molecule has 6 aromatic rings. The van der Waals surface area contributed by atoms with Gasteiger partial charge in [0, 0.05) is 27.7 Å². The standard InChI is InChI=1S/C21H12N2O/c1-2-10-18-13(6-1)14-7-5-8-15-16-12-19(17-9-3-4-11-22-17)24-21(16)23(18)20(14)15/h1-12H. The predicted molar refractivity (Wildman–Crippen MR) is 96.6 cm³/mol. The maximum Gasteiger partial charge on any atom is 0.213 e. The molecule has 4 heterocycles. The first-order chi connectivity index (χ1) is 11.9. The van der Waals surface area contributed by atoms with E-state index in [0.29, 0.717) is 0 Å². The van der Waals surface area contributed by atoms with E-state index < -0.39 is 0 Å². The Morgan fingerprint density at radius 1 is 0.750 bits per heavy atom. The third-order valence-corrected chi connectivity index (χ3v) is 4.82. The van der Waals surface area contributed by atoms with Crippen LogP contribution in [0, 0.1) is 0 Å². The fourth-order valence-corrected chi connectivity index (χ4v) is 3.82. The molecule has 0 atom stereocenters. The zero-order valence-electron chi connectivity index (χ0n) is 12.7. The summed E-state index contributed by atoms with van der Waals surface area (Å²) in [5.41, 5.74) is 4.17. The van der Waals surface area contributed by atoms with E-state index in [4.69, 9.17) is 4.42 Å². The first kappa shape index (κ1) is 12.1. The Morgan fingerprint density at radius 2 is 1.54 bits per heavy atom. The van der Waals surface area contributed by atoms with Crippen LogP contribution >= 0.6 is 0 Å². The molecule has 3 nitrogen and oxygen atoms in total. The van der Waals surface area contributed by atoms with Crippen LogP contribution < -0.4 is 0 Å². The number of furan rings is 1. The van der Waals surface area contributed by atoms with Gasteiger partial charge < -0.3 is 4.42 Å². The second-order valence-electron chi connectivity index (χ2n) is 6.10. The number of para-hydroxylation sites is 2. The Bertz CT molecular complexity index is 1340. The molecule has 0 N–H and O–H groups in total. The van der Waals surface area contributed by atoms with Gasteiger partial charge in [0.2, 0.25) is 5.71 Å². The van der Waals surface area contributed by atoms with Crippen molar-refractivity contribution in [1.29, 1.82) is 0 Å². The van der Waals surface area contributed by atoms with Crippen LogP contribution in [0.1, 0.15) is 0 Å². The summed E-state index contributed by atoms with van der Waals surface area (Å²) in [7, 11) is 0. The van der Waals surface area contributed by atoms with Crippen LogP contribution in [0.15, 0.2) is 77.3 Å². The Labute approximate surface area is 137 Å². The van der Waals surface area contributed by atoms with Crippen LogP contribution in [0.3, 0.4) is 0 Å². The number of benzene rings is 2. The van der Waals surface area contributed by atoms with E-state index in [1.165, 1.54) is 27.2 Å². The molecule has 0 radical (unpaired) electrons. The van der Waals surface area contributed by atoms with Gasteiger partial charge >= 0.3 is 0 Å². The van der Waals surface area contributed by atoms with Crippen molar-refractivity contribution in [2.75, 3.05) is 0 Å². The number of hydrogen-bond acceptors (Lipinski definition) is 2. The number of hydrogen-bond donors (Lipinski definition) is 0. The lowest BCUT2D eigenvalue weighted by Gasteiger charge is -1.95. The van der Waals surface area contributed by atoms with Crippen LogP contribution in [0.25, 0.3) is 49.7 Å². The van der Waals surface area contributed by atoms with Gasteiger partial charge in [0.05, 0.1) is 11.0 Å². The topological polar surface area (TPSA) is 30.4 Å². The monoisotopic (exact) mass is 308 g/mol. The quantitative estimate of drug-likeness (QED) is 0.402. The average molecular weight is 308 g/mol. The third kappa shape index (κ3) is 1.35. The Kier molecular flexibility index (Phi) is 2.10. The van der Waals surface area contributed by atoms with Crippen molar-refractivity contribution in [3.05, 3.63) is 72.9 Å². The summed E-state index contributed by atoms with van der Waals surface area (Å²) in [6.45, 7) is 0. The smallest absolute Gasteiger partial charge is 0.213 e. The highest BCUT2D eigenvalue weighted by molar-refractivity contribution is 6.22. The van der Waals surface area contributed by atoms with E-state index in [2.05, 4.69) is 57.9 Å². The number of pyridine rings is 1. The molecule has 2 aromatic carbocycles. The lowest BCUT2D eigenvalue weighted by molar-refractivity contribution is 0.613. The van der Waals surface area contributed by atoms with E-state index in [1.807, 2.05) is 18.2 Å². The highest BCUT2D eigenvalue weighted by Crippen LogP contribution is 2.41. The van der Waals surface area contributed by atoms with Gasteiger partial charge in [-0.3, -0.25) is 9.38 Å². The number of aromatic nitrogens is 2. The molecule has 0 aliphatic heterocycles. The molecular formula is C21H12N2O. The summed E-state index contributed by atoms with van der Waals surface area (Å²) in [4.78, 5) is 4.41. The highest BCUT2D eigenvalue weighted by atomic mass is 16.3. The van der Waals surface area contributed by atoms with Gasteiger partial charge in [-0.2, -0.15) is 0 Å². The Balaban J connectivity index is 1.85. The molecular weight excluding hydrogens is 296 g/mol. The van der Waals surface area contributed by atoms with Crippen molar-refractivity contribution in [2.24, 2.45) is 0 Å². The van der Waals surface area contributed by atoms with Crippen LogP contribution in [0.4, 0.5) is 0 Å². The second kappa shape index (κ2) is 4.15. The molecule has 112 valence electrons. The van der Waals surface area contributed by atoms with Crippen LogP contribution in [-0.4, -0.2) is 9.38 Å². The third-order valence-electron chi connectivity index (χ3n) is 4.82. The van der Waals surface area contributed by atoms with E-state index in [0.717, 1.165) is 22.6 Å². The average Bonchev–Trinajstić information content (AvgIpc) is 3.29. The van der Waals surface area contributed by atoms with Gasteiger partial charge in [0.15, 0.2) is 5.76 Å². The molecule has 0 saturated carbocycles. The van der Waals surface area contributed by atoms with Gasteiger partial charge in [-0.1, -0.05) is 42.5 Å². The van der Waals surface area contributed by atoms with Gasteiger partial charge in [0.25, 0.3) is 0 Å². The summed E-state index contributed by atoms with van der Waals surface area (Å²) >= 11 is 0. The minimum absolute atomic E-state index is 0.807. The fourth-order valence-electron chi connectivity index (χ4n) is 3.82. The summed E-state index contributed by atoms with van der Waals surface area (Å²) in [6, 6.07) is 22.9. The minimum Gasteiger partial charge on any atom is -0.437 e. The normalized spacial score (nSPS) is 12.2. The first-order valence-electron chi connectivity index (χ1n) is 8.00. The van der Waals surface area contributed by atoms with Crippen LogP contribution in [-0.2, 0) is 0 Å². The fraction of sp³-hybridized carbons (Fsp3) is 0. The summed E-state index contributed by atoms with van der Waals surface area (Å²) < 4.78 is 8.49. The van der Waals surface area contributed by atoms with Gasteiger partial charge in [-0.15, -0.1) is 0 Å². The van der Waals surface area contributed by atoms with Crippen LogP contribution in [0.2, 0.25) is 0 Å². The highest BCUT2D eigenvalue weighted by Gasteiger charge is 2.20. The van der Waals surface area contributed by atoms with Crippen molar-refractivity contribution in [1.82, 2.24) is 9.38 Å². The molecule has 0 aliphatic carbocycles. The summed E-state index contributed by atoms with van der Waals surface area (Å²) in [5.74, 6) is 0.807. The second-order valence-corrected chi connectivity index (χ2v) is 6.10. The van der Waals surface area contributed by atoms with Crippen LogP contribution in [0.5, 0.6) is 0 Å². The predicted octanol–water partition coefficient (Wildman–Crippen LogP) is 5.49. The maximum atomic E-state index is 6.25. The van der Waals surface area contributed by atoms with Gasteiger partial charge in [0.1, 0.15) is 5.69 Å². The van der Waals surface area contributed by atoms with Crippen molar-refractivity contribution >= 4 is 38.3 Å². The number of fused-ring (bicyclic) bond motifs is 6. The molecule has 6 rings (SSSR count). The number of rotatable bonds is 1. The minimum atomic E-state index is 0.807. The van der Waals surface area contributed by atoms with Gasteiger partial charge in [-0.25, -0.2) is 0 Å². The Morgan fingerprint density at radius 3 is 2.42 bits per heavy atom. The maximum absolute atomic E-state index is 6.25. The molecule has 0 spiro atoms. The SMILES string of the molecule is c1ccc(-c2cc3c4cccc5c6ccccc6n(c3o2)c54)nc1. The van der Waals surface area contributed by atoms with E-state index in [9.17, 15) is 0 Å². The number of nitrogens with zero attached hydrogens (tertiary/aromatic N) is 2. The molecule has 3 heteroatoms. The largest absolute Gasteiger partial charge is 0.437 e. The Hall–Kier alpha value is -3.33. The molecule has 0 saturated heterocycles. The lowest BCUT2D eigenvalue weighted by Crippen LogP contribution is -1.80. The molecule has 0 bridgehead atoms. The molecule has 24 heavy (non-hydrogen) atoms. The molecule has 0 unspecified atom stereocenters. The molecule has 0 fully saturated rings. The van der Waals surface area contributed by atoms with Crippen molar-refractivity contribution in [3.63, 3.8) is 0 Å². The lowest BCUT2D eigenvalue weighted by atomic mass is 10.1. The zero-order chi connectivity index (χ0) is 15.7. The molecule has 0 aliphatic rings.